The normalized spacial score (nSPS) is 16.5. The van der Waals surface area contributed by atoms with Gasteiger partial charge >= 0.3 is 0 Å². The average molecular weight is 486 g/mol. The van der Waals surface area contributed by atoms with Crippen LogP contribution in [0, 0.1) is 0 Å². The molecule has 2 aromatic carbocycles. The number of rotatable bonds is 4. The summed E-state index contributed by atoms with van der Waals surface area (Å²) in [5.74, 6) is 0. The van der Waals surface area contributed by atoms with Gasteiger partial charge in [0.2, 0.25) is 0 Å². The van der Waals surface area contributed by atoms with Crippen LogP contribution in [-0.2, 0) is 16.7 Å². The van der Waals surface area contributed by atoms with Gasteiger partial charge in [0.05, 0.1) is 16.8 Å². The van der Waals surface area contributed by atoms with E-state index in [1.165, 1.54) is 0 Å². The van der Waals surface area contributed by atoms with E-state index in [-0.39, 0.29) is 0 Å². The van der Waals surface area contributed by atoms with Crippen molar-refractivity contribution in [1.29, 1.82) is 0 Å². The van der Waals surface area contributed by atoms with Crippen LogP contribution in [0.25, 0.3) is 38.7 Å². The summed E-state index contributed by atoms with van der Waals surface area (Å²) in [6.07, 6.45) is 8.51. The van der Waals surface area contributed by atoms with Crippen molar-refractivity contribution >= 4 is 27.5 Å². The first-order valence-corrected chi connectivity index (χ1v) is 12.5. The SMILES string of the molecule is O=S(O)c1ccc(-c2cnn3cc(-c4ccc(C5(O)CCNCC5)nc4)cnc23)c2ccccc12. The second kappa shape index (κ2) is 8.62. The van der Waals surface area contributed by atoms with Gasteiger partial charge in [0.25, 0.3) is 0 Å². The van der Waals surface area contributed by atoms with Gasteiger partial charge < -0.3 is 15.0 Å². The summed E-state index contributed by atoms with van der Waals surface area (Å²) in [5, 5.41) is 20.3. The zero-order chi connectivity index (χ0) is 24.0. The number of piperidine rings is 1. The number of nitrogens with one attached hydrogen (secondary N) is 1. The molecule has 1 atom stereocenters. The van der Waals surface area contributed by atoms with Gasteiger partial charge in [-0.15, -0.1) is 0 Å². The van der Waals surface area contributed by atoms with Crippen molar-refractivity contribution in [3.05, 3.63) is 79.0 Å². The molecule has 1 fully saturated rings. The van der Waals surface area contributed by atoms with Gasteiger partial charge in [-0.25, -0.2) is 13.7 Å². The molecule has 0 radical (unpaired) electrons. The summed E-state index contributed by atoms with van der Waals surface area (Å²) in [4.78, 5) is 9.63. The van der Waals surface area contributed by atoms with Crippen molar-refractivity contribution in [2.45, 2.75) is 23.3 Å². The first-order valence-electron chi connectivity index (χ1n) is 11.4. The summed E-state index contributed by atoms with van der Waals surface area (Å²) < 4.78 is 23.2. The summed E-state index contributed by atoms with van der Waals surface area (Å²) in [5.41, 5.74) is 3.97. The number of nitrogens with zero attached hydrogens (tertiary/aromatic N) is 4. The average Bonchev–Trinajstić information content (AvgIpc) is 3.31. The highest BCUT2D eigenvalue weighted by Gasteiger charge is 2.32. The van der Waals surface area contributed by atoms with Crippen molar-refractivity contribution in [2.75, 3.05) is 13.1 Å². The fourth-order valence-corrected chi connectivity index (χ4v) is 5.36. The van der Waals surface area contributed by atoms with E-state index >= 15 is 0 Å². The minimum Gasteiger partial charge on any atom is -0.383 e. The molecule has 0 aliphatic carbocycles. The molecule has 8 nitrogen and oxygen atoms in total. The van der Waals surface area contributed by atoms with Crippen molar-refractivity contribution in [3.8, 4) is 22.3 Å². The number of aromatic nitrogens is 4. The van der Waals surface area contributed by atoms with Crippen LogP contribution in [0.2, 0.25) is 0 Å². The highest BCUT2D eigenvalue weighted by atomic mass is 32.2. The lowest BCUT2D eigenvalue weighted by Crippen LogP contribution is -2.40. The fourth-order valence-electron chi connectivity index (χ4n) is 4.81. The lowest BCUT2D eigenvalue weighted by Gasteiger charge is -2.32. The van der Waals surface area contributed by atoms with Gasteiger partial charge in [0, 0.05) is 40.7 Å². The predicted molar refractivity (Wildman–Crippen MR) is 134 cm³/mol. The summed E-state index contributed by atoms with van der Waals surface area (Å²) in [6.45, 7) is 1.55. The van der Waals surface area contributed by atoms with Gasteiger partial charge in [-0.1, -0.05) is 36.4 Å². The number of hydrogen-bond acceptors (Lipinski definition) is 6. The Morgan fingerprint density at radius 3 is 2.40 bits per heavy atom. The Hall–Kier alpha value is -3.50. The minimum atomic E-state index is -2.08. The van der Waals surface area contributed by atoms with Gasteiger partial charge in [0.15, 0.2) is 16.7 Å². The Kier molecular flexibility index (Phi) is 5.42. The predicted octanol–water partition coefficient (Wildman–Crippen LogP) is 3.76. The van der Waals surface area contributed by atoms with Crippen molar-refractivity contribution < 1.29 is 13.9 Å². The Labute approximate surface area is 204 Å². The van der Waals surface area contributed by atoms with E-state index in [1.807, 2.05) is 48.7 Å². The molecule has 1 saturated heterocycles. The number of aliphatic hydroxyl groups is 1. The third kappa shape index (κ3) is 3.82. The molecule has 5 aromatic rings. The van der Waals surface area contributed by atoms with E-state index in [9.17, 15) is 13.9 Å². The van der Waals surface area contributed by atoms with Crippen LogP contribution in [0.15, 0.2) is 78.2 Å². The third-order valence-corrected chi connectivity index (χ3v) is 7.46. The maximum absolute atomic E-state index is 11.8. The van der Waals surface area contributed by atoms with Gasteiger partial charge in [-0.3, -0.25) is 4.98 Å². The standard InChI is InChI=1S/C26H23N5O3S/c32-26(9-11-27-12-10-26)24-8-5-17(13-28-24)18-14-29-25-22(15-30-31(25)16-18)20-6-7-23(35(33)34)21-4-2-1-3-19(20)21/h1-8,13-16,27,32H,9-12H2,(H,33,34). The molecule has 9 heteroatoms. The molecule has 1 unspecified atom stereocenters. The molecule has 0 saturated carbocycles. The minimum absolute atomic E-state index is 0.376. The van der Waals surface area contributed by atoms with Gasteiger partial charge in [0.1, 0.15) is 5.60 Å². The molecule has 35 heavy (non-hydrogen) atoms. The van der Waals surface area contributed by atoms with Crippen molar-refractivity contribution in [3.63, 3.8) is 0 Å². The summed E-state index contributed by atoms with van der Waals surface area (Å²) in [7, 11) is 0. The van der Waals surface area contributed by atoms with Crippen LogP contribution in [0.5, 0.6) is 0 Å². The molecule has 176 valence electrons. The molecule has 1 aliphatic heterocycles. The molecule has 6 rings (SSSR count). The molecular weight excluding hydrogens is 462 g/mol. The number of fused-ring (bicyclic) bond motifs is 2. The van der Waals surface area contributed by atoms with Crippen molar-refractivity contribution in [2.24, 2.45) is 0 Å². The number of hydrogen-bond donors (Lipinski definition) is 3. The van der Waals surface area contributed by atoms with E-state index in [4.69, 9.17) is 0 Å². The molecule has 0 amide bonds. The summed E-state index contributed by atoms with van der Waals surface area (Å²) >= 11 is -2.08. The highest BCUT2D eigenvalue weighted by Crippen LogP contribution is 2.34. The molecule has 4 heterocycles. The Bertz CT molecular complexity index is 1580. The zero-order valence-corrected chi connectivity index (χ0v) is 19.6. The Balaban J connectivity index is 1.37. The molecule has 0 bridgehead atoms. The number of benzene rings is 2. The van der Waals surface area contributed by atoms with E-state index in [1.54, 1.807) is 29.2 Å². The van der Waals surface area contributed by atoms with Crippen LogP contribution in [0.3, 0.4) is 0 Å². The second-order valence-corrected chi connectivity index (χ2v) is 9.73. The lowest BCUT2D eigenvalue weighted by atomic mass is 9.88. The monoisotopic (exact) mass is 485 g/mol. The van der Waals surface area contributed by atoms with Crippen LogP contribution >= 0.6 is 0 Å². The Morgan fingerprint density at radius 2 is 1.66 bits per heavy atom. The van der Waals surface area contributed by atoms with E-state index in [0.29, 0.717) is 29.1 Å². The van der Waals surface area contributed by atoms with Gasteiger partial charge in [-0.2, -0.15) is 5.10 Å². The fraction of sp³-hybridized carbons (Fsp3) is 0.192. The Morgan fingerprint density at radius 1 is 0.886 bits per heavy atom. The smallest absolute Gasteiger partial charge is 0.187 e. The van der Waals surface area contributed by atoms with Crippen molar-refractivity contribution in [1.82, 2.24) is 24.9 Å². The molecule has 3 N–H and O–H groups in total. The van der Waals surface area contributed by atoms with Crippen LogP contribution in [0.1, 0.15) is 18.5 Å². The second-order valence-electron chi connectivity index (χ2n) is 8.79. The van der Waals surface area contributed by atoms with Crippen LogP contribution < -0.4 is 5.32 Å². The third-order valence-electron chi connectivity index (χ3n) is 6.72. The van der Waals surface area contributed by atoms with E-state index in [2.05, 4.69) is 20.4 Å². The summed E-state index contributed by atoms with van der Waals surface area (Å²) in [6, 6.07) is 14.9. The molecule has 0 spiro atoms. The van der Waals surface area contributed by atoms with Crippen LogP contribution in [0.4, 0.5) is 0 Å². The first-order chi connectivity index (χ1) is 17.0. The molecule has 3 aromatic heterocycles. The number of pyridine rings is 1. The highest BCUT2D eigenvalue weighted by molar-refractivity contribution is 7.79. The molecular formula is C26H23N5O3S. The first kappa shape index (κ1) is 22.0. The maximum atomic E-state index is 11.8. The van der Waals surface area contributed by atoms with E-state index < -0.39 is 16.7 Å². The van der Waals surface area contributed by atoms with Gasteiger partial charge in [-0.05, 0) is 49.0 Å². The maximum Gasteiger partial charge on any atom is 0.187 e. The zero-order valence-electron chi connectivity index (χ0n) is 18.8. The largest absolute Gasteiger partial charge is 0.383 e. The quantitative estimate of drug-likeness (QED) is 0.332. The van der Waals surface area contributed by atoms with E-state index in [0.717, 1.165) is 46.1 Å². The topological polar surface area (TPSA) is 113 Å². The molecule has 1 aliphatic rings. The van der Waals surface area contributed by atoms with Crippen LogP contribution in [-0.4, -0.2) is 46.5 Å². The lowest BCUT2D eigenvalue weighted by molar-refractivity contribution is 0.00190.